The van der Waals surface area contributed by atoms with Gasteiger partial charge in [-0.05, 0) is 0 Å². The van der Waals surface area contributed by atoms with Crippen molar-refractivity contribution >= 4 is 17.6 Å². The molecule has 0 aromatic rings. The molecule has 1 aliphatic rings. The van der Waals surface area contributed by atoms with E-state index in [0.717, 1.165) is 0 Å². The Hall–Kier alpha value is -1.23. The summed E-state index contributed by atoms with van der Waals surface area (Å²) >= 11 is 0. The van der Waals surface area contributed by atoms with Gasteiger partial charge in [0, 0.05) is 0 Å². The molecule has 0 radical (unpaired) electrons. The summed E-state index contributed by atoms with van der Waals surface area (Å²) in [5.41, 5.74) is 0. The number of nitrogens with one attached hydrogen (secondary N) is 1. The van der Waals surface area contributed by atoms with E-state index in [1.165, 1.54) is 0 Å². The Balaban J connectivity index is 2.90. The average Bonchev–Trinajstić information content (AvgIpc) is 1.98. The maximum atomic E-state index is 10.2. The molecule has 1 fully saturated rings. The summed E-state index contributed by atoms with van der Waals surface area (Å²) < 4.78 is 0. The lowest BCUT2D eigenvalue weighted by molar-refractivity contribution is -0.138. The van der Waals surface area contributed by atoms with E-state index in [2.05, 4.69) is 0 Å². The Kier molecular flexibility index (Phi) is 1.07. The highest BCUT2D eigenvalue weighted by molar-refractivity contribution is 6.49. The third-order valence-corrected chi connectivity index (χ3v) is 0.957. The third-order valence-electron chi connectivity index (χ3n) is 0.957. The molecule has 1 rings (SSSR count). The number of Topliss-reactive ketones (excluding diaryl/α,β-unsaturated/α-hetero) is 1. The quantitative estimate of drug-likeness (QED) is 0.216. The standard InChI is InChI=1S/C4H3NO4/c6-1-2(7)4(9)5-3(1)8/h1,6H,(H,5,8,9). The Bertz CT molecular complexity index is 197. The van der Waals surface area contributed by atoms with Crippen LogP contribution in [0.5, 0.6) is 0 Å². The minimum Gasteiger partial charge on any atom is -0.376 e. The number of carbonyl (C=O) groups excluding carboxylic acids is 3. The Morgan fingerprint density at radius 3 is 2.00 bits per heavy atom. The van der Waals surface area contributed by atoms with Crippen LogP contribution in [-0.2, 0) is 14.4 Å². The number of amides is 2. The Morgan fingerprint density at radius 1 is 1.33 bits per heavy atom. The van der Waals surface area contributed by atoms with Gasteiger partial charge in [0.2, 0.25) is 6.10 Å². The maximum absolute atomic E-state index is 10.2. The Morgan fingerprint density at radius 2 is 1.89 bits per heavy atom. The number of hydrogen-bond acceptors (Lipinski definition) is 4. The van der Waals surface area contributed by atoms with Crippen LogP contribution in [-0.4, -0.2) is 28.8 Å². The largest absolute Gasteiger partial charge is 0.376 e. The molecule has 0 aromatic heterocycles. The molecular formula is C4H3NO4. The lowest BCUT2D eigenvalue weighted by atomic mass is 10.3. The van der Waals surface area contributed by atoms with Gasteiger partial charge in [-0.1, -0.05) is 0 Å². The summed E-state index contributed by atoms with van der Waals surface area (Å²) in [4.78, 5) is 30.6. The van der Waals surface area contributed by atoms with Crippen LogP contribution in [0.3, 0.4) is 0 Å². The molecule has 5 nitrogen and oxygen atoms in total. The highest BCUT2D eigenvalue weighted by Gasteiger charge is 2.38. The molecule has 1 heterocycles. The van der Waals surface area contributed by atoms with Crippen molar-refractivity contribution in [2.24, 2.45) is 0 Å². The van der Waals surface area contributed by atoms with Gasteiger partial charge in [-0.15, -0.1) is 0 Å². The molecule has 0 aromatic carbocycles. The van der Waals surface area contributed by atoms with E-state index in [-0.39, 0.29) is 0 Å². The van der Waals surface area contributed by atoms with Crippen molar-refractivity contribution in [1.29, 1.82) is 0 Å². The zero-order valence-electron chi connectivity index (χ0n) is 4.25. The van der Waals surface area contributed by atoms with Gasteiger partial charge >= 0.3 is 0 Å². The fourth-order valence-electron chi connectivity index (χ4n) is 0.485. The topological polar surface area (TPSA) is 83.5 Å². The SMILES string of the molecule is O=C1NC(=O)C(O)C1=O. The molecule has 0 aliphatic carbocycles. The highest BCUT2D eigenvalue weighted by atomic mass is 16.3. The highest BCUT2D eigenvalue weighted by Crippen LogP contribution is 1.94. The van der Waals surface area contributed by atoms with E-state index in [9.17, 15) is 14.4 Å². The summed E-state index contributed by atoms with van der Waals surface area (Å²) in [6, 6.07) is 0. The molecule has 1 saturated heterocycles. The second kappa shape index (κ2) is 1.63. The fraction of sp³-hybridized carbons (Fsp3) is 0.250. The van der Waals surface area contributed by atoms with Crippen molar-refractivity contribution < 1.29 is 19.5 Å². The van der Waals surface area contributed by atoms with Crippen molar-refractivity contribution in [3.8, 4) is 0 Å². The van der Waals surface area contributed by atoms with Gasteiger partial charge in [0.1, 0.15) is 0 Å². The van der Waals surface area contributed by atoms with Crippen molar-refractivity contribution in [1.82, 2.24) is 5.32 Å². The first-order chi connectivity index (χ1) is 4.13. The molecule has 9 heavy (non-hydrogen) atoms. The van der Waals surface area contributed by atoms with Crippen molar-refractivity contribution in [3.05, 3.63) is 0 Å². The van der Waals surface area contributed by atoms with Gasteiger partial charge in [0.15, 0.2) is 0 Å². The molecule has 48 valence electrons. The molecule has 2 N–H and O–H groups in total. The van der Waals surface area contributed by atoms with Gasteiger partial charge in [-0.2, -0.15) is 0 Å². The van der Waals surface area contributed by atoms with E-state index in [0.29, 0.717) is 0 Å². The molecule has 1 atom stereocenters. The van der Waals surface area contributed by atoms with Crippen LogP contribution in [0.25, 0.3) is 0 Å². The first-order valence-corrected chi connectivity index (χ1v) is 2.20. The van der Waals surface area contributed by atoms with Crippen LogP contribution < -0.4 is 5.32 Å². The molecular weight excluding hydrogens is 126 g/mol. The lowest BCUT2D eigenvalue weighted by Gasteiger charge is -1.87. The van der Waals surface area contributed by atoms with Crippen molar-refractivity contribution in [2.45, 2.75) is 6.10 Å². The predicted molar refractivity (Wildman–Crippen MR) is 24.2 cm³/mol. The van der Waals surface area contributed by atoms with E-state index in [1.54, 1.807) is 5.32 Å². The number of imide groups is 1. The second-order valence-corrected chi connectivity index (χ2v) is 1.59. The van der Waals surface area contributed by atoms with Crippen LogP contribution in [0.1, 0.15) is 0 Å². The normalized spacial score (nSPS) is 26.8. The van der Waals surface area contributed by atoms with Crippen molar-refractivity contribution in [2.75, 3.05) is 0 Å². The predicted octanol–water partition coefficient (Wildman–Crippen LogP) is -2.43. The van der Waals surface area contributed by atoms with Crippen molar-refractivity contribution in [3.63, 3.8) is 0 Å². The molecule has 1 aliphatic heterocycles. The van der Waals surface area contributed by atoms with Gasteiger partial charge in [-0.3, -0.25) is 19.7 Å². The number of aliphatic hydroxyl groups excluding tert-OH is 1. The smallest absolute Gasteiger partial charge is 0.297 e. The van der Waals surface area contributed by atoms with Crippen LogP contribution in [0.4, 0.5) is 0 Å². The van der Waals surface area contributed by atoms with Crippen LogP contribution >= 0.6 is 0 Å². The molecule has 0 spiro atoms. The summed E-state index contributed by atoms with van der Waals surface area (Å²) in [6.45, 7) is 0. The molecule has 5 heteroatoms. The van der Waals surface area contributed by atoms with Crippen LogP contribution in [0.2, 0.25) is 0 Å². The number of rotatable bonds is 0. The average molecular weight is 129 g/mol. The summed E-state index contributed by atoms with van der Waals surface area (Å²) in [7, 11) is 0. The third kappa shape index (κ3) is 0.706. The first-order valence-electron chi connectivity index (χ1n) is 2.20. The number of hydrogen-bond donors (Lipinski definition) is 2. The van der Waals surface area contributed by atoms with Gasteiger partial charge < -0.3 is 5.11 Å². The second-order valence-electron chi connectivity index (χ2n) is 1.59. The minimum atomic E-state index is -1.78. The molecule has 0 saturated carbocycles. The molecule has 1 unspecified atom stereocenters. The fourth-order valence-corrected chi connectivity index (χ4v) is 0.485. The summed E-state index contributed by atoms with van der Waals surface area (Å²) in [5, 5.41) is 10.1. The zero-order chi connectivity index (χ0) is 7.02. The van der Waals surface area contributed by atoms with E-state index in [1.807, 2.05) is 0 Å². The zero-order valence-corrected chi connectivity index (χ0v) is 4.25. The van der Waals surface area contributed by atoms with Crippen LogP contribution in [0, 0.1) is 0 Å². The van der Waals surface area contributed by atoms with E-state index in [4.69, 9.17) is 5.11 Å². The van der Waals surface area contributed by atoms with E-state index < -0.39 is 23.7 Å². The first kappa shape index (κ1) is 5.90. The van der Waals surface area contributed by atoms with Gasteiger partial charge in [-0.25, -0.2) is 0 Å². The number of ketones is 1. The van der Waals surface area contributed by atoms with Crippen LogP contribution in [0.15, 0.2) is 0 Å². The van der Waals surface area contributed by atoms with E-state index >= 15 is 0 Å². The minimum absolute atomic E-state index is 0.940. The summed E-state index contributed by atoms with van der Waals surface area (Å²) in [6.07, 6.45) is -1.78. The van der Waals surface area contributed by atoms with Gasteiger partial charge in [0.05, 0.1) is 0 Å². The number of carbonyl (C=O) groups is 3. The summed E-state index contributed by atoms with van der Waals surface area (Å²) in [5.74, 6) is -3.06. The Labute approximate surface area is 49.7 Å². The molecule has 0 bridgehead atoms. The van der Waals surface area contributed by atoms with Gasteiger partial charge in [0.25, 0.3) is 17.6 Å². The number of aliphatic hydroxyl groups is 1. The lowest BCUT2D eigenvalue weighted by Crippen LogP contribution is -2.24. The molecule has 2 amide bonds. The monoisotopic (exact) mass is 129 g/mol. The maximum Gasteiger partial charge on any atom is 0.297 e.